The van der Waals surface area contributed by atoms with E-state index >= 15 is 0 Å². The molecule has 12 nitrogen and oxygen atoms in total. The minimum atomic E-state index is -1.03. The number of nitrogens with two attached hydrogens (primary N) is 1. The number of hydrogen-bond acceptors (Lipinski definition) is 9. The summed E-state index contributed by atoms with van der Waals surface area (Å²) in [4.78, 5) is 41.4. The smallest absolute Gasteiger partial charge is 0.344 e. The number of imidazole rings is 1. The zero-order valence-corrected chi connectivity index (χ0v) is 28.4. The van der Waals surface area contributed by atoms with E-state index in [2.05, 4.69) is 32.3 Å². The minimum absolute atomic E-state index is 0.0613. The Hall–Kier alpha value is -4.26. The lowest BCUT2D eigenvalue weighted by atomic mass is 10.1. The van der Waals surface area contributed by atoms with Gasteiger partial charge in [-0.2, -0.15) is 0 Å². The first-order chi connectivity index (χ1) is 23.3. The van der Waals surface area contributed by atoms with Gasteiger partial charge in [-0.3, -0.25) is 14.6 Å². The lowest BCUT2D eigenvalue weighted by Crippen LogP contribution is -2.50. The van der Waals surface area contributed by atoms with Crippen LogP contribution in [-0.4, -0.2) is 112 Å². The van der Waals surface area contributed by atoms with Crippen molar-refractivity contribution >= 4 is 39.6 Å². The van der Waals surface area contributed by atoms with E-state index in [0.29, 0.717) is 50.8 Å². The van der Waals surface area contributed by atoms with Gasteiger partial charge in [-0.15, -0.1) is 0 Å². The molecule has 0 radical (unpaired) electrons. The molecule has 1 atom stereocenters. The predicted molar refractivity (Wildman–Crippen MR) is 187 cm³/mol. The van der Waals surface area contributed by atoms with E-state index in [4.69, 9.17) is 20.2 Å². The molecule has 1 fully saturated rings. The van der Waals surface area contributed by atoms with E-state index in [1.54, 1.807) is 13.2 Å². The van der Waals surface area contributed by atoms with E-state index in [1.165, 1.54) is 6.92 Å². The fraction of sp³-hybridized carbons (Fsp3) is 0.500. The van der Waals surface area contributed by atoms with Gasteiger partial charge in [0.1, 0.15) is 17.1 Å². The third kappa shape index (κ3) is 8.80. The fourth-order valence-corrected chi connectivity index (χ4v) is 6.26. The number of carboxylic acid groups (broad SMARTS) is 1. The van der Waals surface area contributed by atoms with Crippen LogP contribution in [0.2, 0.25) is 0 Å². The lowest BCUT2D eigenvalue weighted by molar-refractivity contribution is -0.144. The number of methoxy groups -OCH3 is 1. The van der Waals surface area contributed by atoms with Gasteiger partial charge in [0.2, 0.25) is 5.91 Å². The first-order valence-corrected chi connectivity index (χ1v) is 17.0. The molecule has 258 valence electrons. The second kappa shape index (κ2) is 16.7. The summed E-state index contributed by atoms with van der Waals surface area (Å²) in [6.45, 7) is 10.6. The van der Waals surface area contributed by atoms with Crippen molar-refractivity contribution in [2.75, 3.05) is 65.3 Å². The van der Waals surface area contributed by atoms with Gasteiger partial charge >= 0.3 is 5.97 Å². The van der Waals surface area contributed by atoms with Gasteiger partial charge in [0.05, 0.1) is 24.2 Å². The topological polar surface area (TPSA) is 139 Å². The number of pyridine rings is 1. The number of aryl methyl sites for hydroxylation is 2. The number of para-hydroxylation sites is 1. The Bertz CT molecular complexity index is 1680. The number of carbonyl (C=O) groups is 2. The Labute approximate surface area is 282 Å². The molecule has 48 heavy (non-hydrogen) atoms. The first-order valence-electron chi connectivity index (χ1n) is 17.0. The molecule has 1 amide bonds. The van der Waals surface area contributed by atoms with Gasteiger partial charge in [0, 0.05) is 71.3 Å². The number of hydrogen-bond donors (Lipinski definition) is 2. The minimum Gasteiger partial charge on any atom is -0.479 e. The van der Waals surface area contributed by atoms with Gasteiger partial charge in [-0.1, -0.05) is 43.7 Å². The highest BCUT2D eigenvalue weighted by atomic mass is 16.5. The zero-order valence-electron chi connectivity index (χ0n) is 28.4. The van der Waals surface area contributed by atoms with Crippen LogP contribution in [0.1, 0.15) is 44.5 Å². The SMILES string of the molecule is CCCCc1nc2c(N)nc3ccccc3c2n1CCCN(Cc1cccc(OC(C)C(=O)O)c1)C(=O)CN1CCN(CCOC)CC1. The van der Waals surface area contributed by atoms with Crippen LogP contribution in [-0.2, 0) is 33.8 Å². The van der Waals surface area contributed by atoms with Crippen LogP contribution in [0.3, 0.4) is 0 Å². The van der Waals surface area contributed by atoms with Gasteiger partial charge in [0.25, 0.3) is 0 Å². The average Bonchev–Trinajstić information content (AvgIpc) is 3.45. The quantitative estimate of drug-likeness (QED) is 0.171. The highest BCUT2D eigenvalue weighted by molar-refractivity contribution is 6.06. The maximum atomic E-state index is 14.0. The van der Waals surface area contributed by atoms with Gasteiger partial charge in [-0.25, -0.2) is 14.8 Å². The molecule has 1 aliphatic rings. The molecular formula is C36H49N7O5. The van der Waals surface area contributed by atoms with Crippen LogP contribution in [0.4, 0.5) is 5.82 Å². The molecule has 3 heterocycles. The van der Waals surface area contributed by atoms with Crippen molar-refractivity contribution in [2.45, 2.75) is 58.7 Å². The van der Waals surface area contributed by atoms with Crippen LogP contribution in [0.15, 0.2) is 48.5 Å². The number of aromatic nitrogens is 3. The highest BCUT2D eigenvalue weighted by Gasteiger charge is 2.23. The molecule has 3 N–H and O–H groups in total. The molecular weight excluding hydrogens is 610 g/mol. The number of unbranched alkanes of at least 4 members (excludes halogenated alkanes) is 1. The normalized spacial score (nSPS) is 14.8. The van der Waals surface area contributed by atoms with Crippen molar-refractivity contribution in [3.63, 3.8) is 0 Å². The predicted octanol–water partition coefficient (Wildman–Crippen LogP) is 4.04. The fourth-order valence-electron chi connectivity index (χ4n) is 6.26. The third-order valence-corrected chi connectivity index (χ3v) is 8.97. The van der Waals surface area contributed by atoms with Gasteiger partial charge in [0.15, 0.2) is 11.9 Å². The molecule has 0 saturated carbocycles. The molecule has 0 spiro atoms. The van der Waals surface area contributed by atoms with Crippen LogP contribution in [0.25, 0.3) is 21.9 Å². The molecule has 2 aromatic carbocycles. The third-order valence-electron chi connectivity index (χ3n) is 8.97. The number of ether oxygens (including phenoxy) is 2. The van der Waals surface area contributed by atoms with Crippen molar-refractivity contribution in [2.24, 2.45) is 0 Å². The standard InChI is InChI=1S/C36H49N7O5/c1-4-5-14-31-39-33-34(29-12-6-7-13-30(29)38-35(33)37)43(31)16-9-15-42(24-27-10-8-11-28(23-27)48-26(2)36(45)46)32(44)25-41-19-17-40(18-20-41)21-22-47-3/h6-8,10-13,23,26H,4-5,9,14-22,24-25H2,1-3H3,(H2,37,38)(H,45,46). The van der Waals surface area contributed by atoms with E-state index < -0.39 is 12.1 Å². The summed E-state index contributed by atoms with van der Waals surface area (Å²) in [5, 5.41) is 10.3. The number of nitrogen functional groups attached to an aromatic ring is 1. The first kappa shape index (κ1) is 35.1. The molecule has 5 rings (SSSR count). The largest absolute Gasteiger partial charge is 0.479 e. The van der Waals surface area contributed by atoms with Crippen LogP contribution in [0, 0.1) is 0 Å². The monoisotopic (exact) mass is 659 g/mol. The van der Waals surface area contributed by atoms with Crippen LogP contribution < -0.4 is 10.5 Å². The van der Waals surface area contributed by atoms with E-state index in [0.717, 1.165) is 85.3 Å². The van der Waals surface area contributed by atoms with Gasteiger partial charge in [-0.05, 0) is 43.5 Å². The maximum absolute atomic E-state index is 14.0. The number of benzene rings is 2. The summed E-state index contributed by atoms with van der Waals surface area (Å²) >= 11 is 0. The van der Waals surface area contributed by atoms with Crippen LogP contribution in [0.5, 0.6) is 5.75 Å². The summed E-state index contributed by atoms with van der Waals surface area (Å²) in [5.41, 5.74) is 9.85. The van der Waals surface area contributed by atoms with Crippen molar-refractivity contribution in [3.05, 3.63) is 59.9 Å². The number of piperazine rings is 1. The molecule has 1 aliphatic heterocycles. The number of anilines is 1. The van der Waals surface area contributed by atoms with Crippen molar-refractivity contribution in [1.29, 1.82) is 0 Å². The Morgan fingerprint density at radius 1 is 1.02 bits per heavy atom. The Balaban J connectivity index is 1.36. The van der Waals surface area contributed by atoms with Crippen LogP contribution >= 0.6 is 0 Å². The Morgan fingerprint density at radius 3 is 2.54 bits per heavy atom. The Morgan fingerprint density at radius 2 is 1.79 bits per heavy atom. The zero-order chi connectivity index (χ0) is 34.0. The van der Waals surface area contributed by atoms with Crippen molar-refractivity contribution in [3.8, 4) is 5.75 Å². The molecule has 0 aliphatic carbocycles. The van der Waals surface area contributed by atoms with Crippen molar-refractivity contribution < 1.29 is 24.2 Å². The second-order valence-electron chi connectivity index (χ2n) is 12.5. The Kier molecular flexibility index (Phi) is 12.2. The van der Waals surface area contributed by atoms with E-state index in [-0.39, 0.29) is 5.91 Å². The van der Waals surface area contributed by atoms with Crippen molar-refractivity contribution in [1.82, 2.24) is 29.2 Å². The molecule has 0 bridgehead atoms. The number of rotatable bonds is 17. The number of carbonyl (C=O) groups excluding carboxylic acids is 1. The number of fused-ring (bicyclic) bond motifs is 3. The number of carboxylic acids is 1. The summed E-state index contributed by atoms with van der Waals surface area (Å²) in [6.07, 6.45) is 2.63. The van der Waals surface area contributed by atoms with Gasteiger partial charge < -0.3 is 29.8 Å². The molecule has 12 heteroatoms. The summed E-state index contributed by atoms with van der Waals surface area (Å²) in [6, 6.07) is 15.4. The molecule has 1 unspecified atom stereocenters. The lowest BCUT2D eigenvalue weighted by Gasteiger charge is -2.35. The summed E-state index contributed by atoms with van der Waals surface area (Å²) in [7, 11) is 1.72. The molecule has 4 aromatic rings. The summed E-state index contributed by atoms with van der Waals surface area (Å²) < 4.78 is 13.1. The van der Waals surface area contributed by atoms with E-state index in [9.17, 15) is 14.7 Å². The van der Waals surface area contributed by atoms with E-state index in [1.807, 2.05) is 41.3 Å². The highest BCUT2D eigenvalue weighted by Crippen LogP contribution is 2.29. The molecule has 1 saturated heterocycles. The number of nitrogens with zero attached hydrogens (tertiary/aromatic N) is 6. The maximum Gasteiger partial charge on any atom is 0.344 e. The average molecular weight is 660 g/mol. The number of aliphatic carboxylic acids is 1. The molecule has 2 aromatic heterocycles. The number of amides is 1. The summed E-state index contributed by atoms with van der Waals surface area (Å²) in [5.74, 6) is 0.906. The second-order valence-corrected chi connectivity index (χ2v) is 12.5.